The number of halogens is 1. The van der Waals surface area contributed by atoms with Gasteiger partial charge < -0.3 is 4.74 Å². The summed E-state index contributed by atoms with van der Waals surface area (Å²) in [4.78, 5) is 5.44. The third kappa shape index (κ3) is 2.63. The highest BCUT2D eigenvalue weighted by Crippen LogP contribution is 2.30. The quantitative estimate of drug-likeness (QED) is 0.716. The van der Waals surface area contributed by atoms with E-state index in [-0.39, 0.29) is 0 Å². The molecule has 4 rings (SSSR count). The normalized spacial score (nSPS) is 15.9. The second-order valence-electron chi connectivity index (χ2n) is 5.26. The summed E-state index contributed by atoms with van der Waals surface area (Å²) < 4.78 is 7.69. The third-order valence-corrected chi connectivity index (χ3v) is 4.76. The third-order valence-electron chi connectivity index (χ3n) is 3.71. The maximum atomic E-state index is 6.02. The minimum Gasteiger partial charge on any atom is -0.466 e. The van der Waals surface area contributed by atoms with E-state index >= 15 is 0 Å². The van der Waals surface area contributed by atoms with Crippen LogP contribution in [0.5, 0.6) is 5.19 Å². The van der Waals surface area contributed by atoms with Gasteiger partial charge in [0.25, 0.3) is 5.19 Å². The van der Waals surface area contributed by atoms with Gasteiger partial charge in [0.1, 0.15) is 6.10 Å². The molecule has 0 bridgehead atoms. The molecule has 21 heavy (non-hydrogen) atoms. The van der Waals surface area contributed by atoms with Crippen molar-refractivity contribution in [2.75, 3.05) is 0 Å². The van der Waals surface area contributed by atoms with E-state index in [2.05, 4.69) is 10.1 Å². The monoisotopic (exact) mass is 319 g/mol. The summed E-state index contributed by atoms with van der Waals surface area (Å²) in [6.07, 6.45) is 7.02. The molecule has 0 saturated heterocycles. The smallest absolute Gasteiger partial charge is 0.294 e. The second kappa shape index (κ2) is 5.31. The van der Waals surface area contributed by atoms with Gasteiger partial charge in [0, 0.05) is 10.6 Å². The van der Waals surface area contributed by atoms with Gasteiger partial charge in [-0.1, -0.05) is 23.7 Å². The SMILES string of the molecule is Clc1cccc(-c2cn3nc(OC4CCCC4)sc3n2)c1. The molecule has 2 aromatic heterocycles. The lowest BCUT2D eigenvalue weighted by Crippen LogP contribution is -2.10. The van der Waals surface area contributed by atoms with Crippen LogP contribution in [0.1, 0.15) is 25.7 Å². The van der Waals surface area contributed by atoms with Gasteiger partial charge in [0.2, 0.25) is 4.96 Å². The van der Waals surface area contributed by atoms with Crippen LogP contribution >= 0.6 is 22.9 Å². The van der Waals surface area contributed by atoms with Gasteiger partial charge in [0.15, 0.2) is 0 Å². The first kappa shape index (κ1) is 13.1. The van der Waals surface area contributed by atoms with E-state index in [1.165, 1.54) is 24.2 Å². The predicted molar refractivity (Wildman–Crippen MR) is 84.2 cm³/mol. The van der Waals surface area contributed by atoms with Gasteiger partial charge in [0.05, 0.1) is 11.9 Å². The zero-order valence-corrected chi connectivity index (χ0v) is 12.9. The van der Waals surface area contributed by atoms with Crippen LogP contribution in [0.15, 0.2) is 30.5 Å². The summed E-state index contributed by atoms with van der Waals surface area (Å²) in [7, 11) is 0. The number of nitrogens with zero attached hydrogens (tertiary/aromatic N) is 3. The van der Waals surface area contributed by atoms with Crippen LogP contribution in [0.25, 0.3) is 16.2 Å². The number of fused-ring (bicyclic) bond motifs is 1. The van der Waals surface area contributed by atoms with Crippen molar-refractivity contribution in [3.05, 3.63) is 35.5 Å². The molecule has 6 heteroatoms. The van der Waals surface area contributed by atoms with Crippen LogP contribution in [0.4, 0.5) is 0 Å². The highest BCUT2D eigenvalue weighted by Gasteiger charge is 2.19. The Morgan fingerprint density at radius 2 is 2.14 bits per heavy atom. The first-order valence-electron chi connectivity index (χ1n) is 7.07. The van der Waals surface area contributed by atoms with Gasteiger partial charge in [-0.15, -0.1) is 5.10 Å². The van der Waals surface area contributed by atoms with Gasteiger partial charge >= 0.3 is 0 Å². The fourth-order valence-electron chi connectivity index (χ4n) is 2.67. The van der Waals surface area contributed by atoms with Gasteiger partial charge in [-0.25, -0.2) is 9.50 Å². The lowest BCUT2D eigenvalue weighted by molar-refractivity contribution is 0.207. The van der Waals surface area contributed by atoms with Crippen LogP contribution in [0.2, 0.25) is 5.02 Å². The van der Waals surface area contributed by atoms with E-state index in [1.807, 2.05) is 30.5 Å². The molecule has 0 N–H and O–H groups in total. The second-order valence-corrected chi connectivity index (χ2v) is 6.61. The molecular weight excluding hydrogens is 306 g/mol. The van der Waals surface area contributed by atoms with Gasteiger partial charge in [-0.2, -0.15) is 0 Å². The van der Waals surface area contributed by atoms with Crippen LogP contribution < -0.4 is 4.74 Å². The first-order chi connectivity index (χ1) is 10.3. The Morgan fingerprint density at radius 1 is 1.29 bits per heavy atom. The number of imidazole rings is 1. The van der Waals surface area contributed by atoms with Crippen LogP contribution in [-0.4, -0.2) is 20.7 Å². The Labute approximate surface area is 131 Å². The predicted octanol–water partition coefficient (Wildman–Crippen LogP) is 4.43. The van der Waals surface area contributed by atoms with Crippen molar-refractivity contribution in [1.29, 1.82) is 0 Å². The Balaban J connectivity index is 1.61. The van der Waals surface area contributed by atoms with Crippen molar-refractivity contribution in [2.45, 2.75) is 31.8 Å². The molecule has 108 valence electrons. The zero-order valence-electron chi connectivity index (χ0n) is 11.3. The van der Waals surface area contributed by atoms with E-state index in [0.717, 1.165) is 29.1 Å². The molecule has 0 aliphatic heterocycles. The molecule has 0 radical (unpaired) electrons. The van der Waals surface area contributed by atoms with Crippen LogP contribution in [0.3, 0.4) is 0 Å². The molecule has 4 nitrogen and oxygen atoms in total. The van der Waals surface area contributed by atoms with Crippen molar-refractivity contribution in [1.82, 2.24) is 14.6 Å². The molecule has 2 heterocycles. The van der Waals surface area contributed by atoms with Crippen molar-refractivity contribution in [3.8, 4) is 16.5 Å². The lowest BCUT2D eigenvalue weighted by Gasteiger charge is -2.08. The first-order valence-corrected chi connectivity index (χ1v) is 8.26. The highest BCUT2D eigenvalue weighted by molar-refractivity contribution is 7.18. The summed E-state index contributed by atoms with van der Waals surface area (Å²) in [5.74, 6) is 0. The Kier molecular flexibility index (Phi) is 3.31. The summed E-state index contributed by atoms with van der Waals surface area (Å²) in [6, 6.07) is 7.68. The number of rotatable bonds is 3. The maximum absolute atomic E-state index is 6.02. The summed E-state index contributed by atoms with van der Waals surface area (Å²) in [5.41, 5.74) is 1.88. The molecule has 1 saturated carbocycles. The van der Waals surface area contributed by atoms with E-state index in [0.29, 0.717) is 16.3 Å². The number of hydrogen-bond acceptors (Lipinski definition) is 4. The maximum Gasteiger partial charge on any atom is 0.294 e. The summed E-state index contributed by atoms with van der Waals surface area (Å²) in [5, 5.41) is 5.88. The largest absolute Gasteiger partial charge is 0.466 e. The molecule has 1 aliphatic carbocycles. The molecule has 1 fully saturated rings. The van der Waals surface area contributed by atoms with E-state index in [1.54, 1.807) is 4.52 Å². The van der Waals surface area contributed by atoms with Crippen molar-refractivity contribution in [2.24, 2.45) is 0 Å². The Hall–Kier alpha value is -1.59. The van der Waals surface area contributed by atoms with Gasteiger partial charge in [-0.3, -0.25) is 0 Å². The van der Waals surface area contributed by atoms with E-state index in [9.17, 15) is 0 Å². The molecule has 3 aromatic rings. The Morgan fingerprint density at radius 3 is 2.90 bits per heavy atom. The molecule has 0 spiro atoms. The molecule has 0 amide bonds. The minimum absolute atomic E-state index is 0.327. The van der Waals surface area contributed by atoms with Crippen molar-refractivity contribution >= 4 is 27.9 Å². The number of hydrogen-bond donors (Lipinski definition) is 0. The molecule has 1 aromatic carbocycles. The summed E-state index contributed by atoms with van der Waals surface area (Å²) in [6.45, 7) is 0. The van der Waals surface area contributed by atoms with Crippen LogP contribution in [0, 0.1) is 0 Å². The molecular formula is C15H14ClN3OS. The Bertz CT molecular complexity index is 745. The number of ether oxygens (including phenoxy) is 1. The highest BCUT2D eigenvalue weighted by atomic mass is 35.5. The standard InChI is InChI=1S/C15H14ClN3OS/c16-11-5-3-4-10(8-11)13-9-19-14(17-13)21-15(18-19)20-12-6-1-2-7-12/h3-5,8-9,12H,1-2,6-7H2. The molecule has 0 unspecified atom stereocenters. The van der Waals surface area contributed by atoms with Crippen molar-refractivity contribution in [3.63, 3.8) is 0 Å². The average Bonchev–Trinajstić information content (AvgIpc) is 3.14. The fraction of sp³-hybridized carbons (Fsp3) is 0.333. The number of benzene rings is 1. The van der Waals surface area contributed by atoms with Crippen LogP contribution in [-0.2, 0) is 0 Å². The lowest BCUT2D eigenvalue weighted by atomic mass is 10.2. The molecule has 0 atom stereocenters. The zero-order chi connectivity index (χ0) is 14.2. The van der Waals surface area contributed by atoms with E-state index in [4.69, 9.17) is 16.3 Å². The average molecular weight is 320 g/mol. The van der Waals surface area contributed by atoms with Crippen molar-refractivity contribution < 1.29 is 4.74 Å². The fourth-order valence-corrected chi connectivity index (χ4v) is 3.66. The van der Waals surface area contributed by atoms with Gasteiger partial charge in [-0.05, 0) is 49.2 Å². The van der Waals surface area contributed by atoms with E-state index < -0.39 is 0 Å². The number of aromatic nitrogens is 3. The minimum atomic E-state index is 0.327. The molecule has 1 aliphatic rings. The topological polar surface area (TPSA) is 39.4 Å². The summed E-state index contributed by atoms with van der Waals surface area (Å²) >= 11 is 7.51.